The van der Waals surface area contributed by atoms with Crippen LogP contribution in [0.2, 0.25) is 0 Å². The van der Waals surface area contributed by atoms with Crippen LogP contribution in [0.25, 0.3) is 0 Å². The van der Waals surface area contributed by atoms with Crippen LogP contribution in [0, 0.1) is 0 Å². The number of nitrogens with zero attached hydrogens (tertiary/aromatic N) is 1. The summed E-state index contributed by atoms with van der Waals surface area (Å²) in [5, 5.41) is 2.78. The molecule has 28 heavy (non-hydrogen) atoms. The molecule has 6 heteroatoms. The molecule has 0 fully saturated rings. The molecule has 2 aromatic rings. The van der Waals surface area contributed by atoms with E-state index in [1.165, 1.54) is 0 Å². The lowest BCUT2D eigenvalue weighted by Crippen LogP contribution is -2.46. The van der Waals surface area contributed by atoms with E-state index >= 15 is 0 Å². The summed E-state index contributed by atoms with van der Waals surface area (Å²) in [7, 11) is 0. The molecule has 0 aliphatic carbocycles. The molecule has 0 spiro atoms. The number of rotatable bonds is 7. The zero-order valence-electron chi connectivity index (χ0n) is 16.1. The number of primary amides is 1. The van der Waals surface area contributed by atoms with E-state index in [4.69, 9.17) is 10.5 Å². The van der Waals surface area contributed by atoms with Gasteiger partial charge in [0, 0.05) is 38.0 Å². The number of hydrogen-bond donors (Lipinski definition) is 2. The Bertz CT molecular complexity index is 810. The van der Waals surface area contributed by atoms with Crippen molar-refractivity contribution in [2.45, 2.75) is 38.5 Å². The molecule has 0 saturated carbocycles. The second-order valence-corrected chi connectivity index (χ2v) is 7.23. The van der Waals surface area contributed by atoms with E-state index in [0.717, 1.165) is 30.0 Å². The maximum absolute atomic E-state index is 12.4. The highest BCUT2D eigenvalue weighted by Crippen LogP contribution is 2.24. The molecule has 1 heterocycles. The number of carbonyl (C=O) groups excluding carboxylic acids is 2. The molecule has 0 radical (unpaired) electrons. The Labute approximate surface area is 165 Å². The number of benzene rings is 2. The van der Waals surface area contributed by atoms with E-state index in [9.17, 15) is 9.59 Å². The molecule has 0 aromatic heterocycles. The molecule has 1 aliphatic rings. The van der Waals surface area contributed by atoms with Crippen molar-refractivity contribution >= 4 is 11.8 Å². The largest absolute Gasteiger partial charge is 0.489 e. The molecular formula is C22H27N3O3. The summed E-state index contributed by atoms with van der Waals surface area (Å²) in [6.45, 7) is 4.09. The Morgan fingerprint density at radius 1 is 1.18 bits per heavy atom. The molecule has 1 unspecified atom stereocenters. The van der Waals surface area contributed by atoms with E-state index in [-0.39, 0.29) is 12.0 Å². The number of amides is 2. The first-order valence-electron chi connectivity index (χ1n) is 9.61. The van der Waals surface area contributed by atoms with Crippen LogP contribution in [0.4, 0.5) is 0 Å². The number of para-hydroxylation sites is 1. The summed E-state index contributed by atoms with van der Waals surface area (Å²) in [6, 6.07) is 16.8. The minimum absolute atomic E-state index is 0.0446. The van der Waals surface area contributed by atoms with Crippen LogP contribution >= 0.6 is 0 Å². The van der Waals surface area contributed by atoms with Crippen molar-refractivity contribution < 1.29 is 14.3 Å². The lowest BCUT2D eigenvalue weighted by atomic mass is 10.1. The summed E-state index contributed by atoms with van der Waals surface area (Å²) < 4.78 is 5.95. The average molecular weight is 381 g/mol. The van der Waals surface area contributed by atoms with Gasteiger partial charge in [-0.05, 0) is 18.6 Å². The normalized spacial score (nSPS) is 17.7. The second kappa shape index (κ2) is 9.37. The number of nitrogens with two attached hydrogens (primary N) is 1. The van der Waals surface area contributed by atoms with E-state index in [0.29, 0.717) is 19.4 Å². The Morgan fingerprint density at radius 2 is 1.89 bits per heavy atom. The molecular weight excluding hydrogens is 354 g/mol. The summed E-state index contributed by atoms with van der Waals surface area (Å²) >= 11 is 0. The predicted molar refractivity (Wildman–Crippen MR) is 108 cm³/mol. The molecule has 0 saturated heterocycles. The lowest BCUT2D eigenvalue weighted by Gasteiger charge is -2.22. The van der Waals surface area contributed by atoms with Crippen molar-refractivity contribution in [3.05, 3.63) is 65.7 Å². The summed E-state index contributed by atoms with van der Waals surface area (Å²) in [4.78, 5) is 26.4. The van der Waals surface area contributed by atoms with Gasteiger partial charge in [-0.2, -0.15) is 0 Å². The molecule has 3 N–H and O–H groups in total. The molecule has 1 aliphatic heterocycles. The fraction of sp³-hybridized carbons (Fsp3) is 0.364. The van der Waals surface area contributed by atoms with Crippen LogP contribution in [0.1, 0.15) is 24.5 Å². The van der Waals surface area contributed by atoms with E-state index in [1.54, 1.807) is 0 Å². The molecule has 2 aromatic carbocycles. The van der Waals surface area contributed by atoms with Crippen LogP contribution in [0.15, 0.2) is 54.6 Å². The molecule has 2 atom stereocenters. The Morgan fingerprint density at radius 3 is 2.64 bits per heavy atom. The van der Waals surface area contributed by atoms with Gasteiger partial charge in [-0.1, -0.05) is 48.5 Å². The average Bonchev–Trinajstić information content (AvgIpc) is 2.84. The number of carbonyl (C=O) groups is 2. The van der Waals surface area contributed by atoms with Crippen LogP contribution < -0.4 is 15.8 Å². The van der Waals surface area contributed by atoms with E-state index < -0.39 is 11.9 Å². The third-order valence-electron chi connectivity index (χ3n) is 4.83. The molecule has 0 bridgehead atoms. The molecule has 3 rings (SSSR count). The highest BCUT2D eigenvalue weighted by Gasteiger charge is 2.22. The third kappa shape index (κ3) is 5.57. The monoisotopic (exact) mass is 381 g/mol. The Balaban J connectivity index is 1.54. The second-order valence-electron chi connectivity index (χ2n) is 7.23. The minimum Gasteiger partial charge on any atom is -0.489 e. The molecule has 6 nitrogen and oxygen atoms in total. The van der Waals surface area contributed by atoms with Gasteiger partial charge in [0.15, 0.2) is 0 Å². The zero-order chi connectivity index (χ0) is 19.9. The molecule has 148 valence electrons. The van der Waals surface area contributed by atoms with Gasteiger partial charge in [0.2, 0.25) is 11.8 Å². The van der Waals surface area contributed by atoms with Crippen LogP contribution in [-0.2, 0) is 22.6 Å². The summed E-state index contributed by atoms with van der Waals surface area (Å²) in [5.74, 6) is 0.201. The van der Waals surface area contributed by atoms with Gasteiger partial charge in [0.25, 0.3) is 0 Å². The Kier molecular flexibility index (Phi) is 6.66. The van der Waals surface area contributed by atoms with Crippen LogP contribution in [0.5, 0.6) is 5.75 Å². The quantitative estimate of drug-likeness (QED) is 0.767. The Hall–Kier alpha value is -2.86. The van der Waals surface area contributed by atoms with Gasteiger partial charge >= 0.3 is 0 Å². The fourth-order valence-electron chi connectivity index (χ4n) is 3.44. The van der Waals surface area contributed by atoms with Crippen molar-refractivity contribution in [2.75, 3.05) is 13.1 Å². The van der Waals surface area contributed by atoms with Crippen molar-refractivity contribution in [1.29, 1.82) is 0 Å². The minimum atomic E-state index is -0.706. The maximum atomic E-state index is 12.4. The third-order valence-corrected chi connectivity index (χ3v) is 4.83. The summed E-state index contributed by atoms with van der Waals surface area (Å²) in [5.41, 5.74) is 7.56. The van der Waals surface area contributed by atoms with Gasteiger partial charge in [-0.25, -0.2) is 0 Å². The van der Waals surface area contributed by atoms with Crippen LogP contribution in [-0.4, -0.2) is 41.9 Å². The van der Waals surface area contributed by atoms with E-state index in [2.05, 4.69) is 10.2 Å². The number of nitrogens with one attached hydrogen (secondary N) is 1. The number of ether oxygens (including phenoxy) is 1. The molecule has 2 amide bonds. The van der Waals surface area contributed by atoms with Gasteiger partial charge in [-0.15, -0.1) is 0 Å². The first kappa shape index (κ1) is 19.9. The van der Waals surface area contributed by atoms with Crippen LogP contribution in [0.3, 0.4) is 0 Å². The van der Waals surface area contributed by atoms with Crippen molar-refractivity contribution in [3.8, 4) is 5.75 Å². The zero-order valence-corrected chi connectivity index (χ0v) is 16.1. The number of fused-ring (bicyclic) bond motifs is 1. The predicted octanol–water partition coefficient (Wildman–Crippen LogP) is 1.87. The highest BCUT2D eigenvalue weighted by atomic mass is 16.5. The first-order chi connectivity index (χ1) is 13.5. The van der Waals surface area contributed by atoms with Crippen molar-refractivity contribution in [1.82, 2.24) is 10.2 Å². The SMILES string of the molecule is CC1CN(CCC(=O)N[C@@H](Cc2ccccc2)C(N)=O)Cc2ccccc2O1. The van der Waals surface area contributed by atoms with Gasteiger partial charge < -0.3 is 15.8 Å². The van der Waals surface area contributed by atoms with Crippen molar-refractivity contribution in [2.24, 2.45) is 5.73 Å². The first-order valence-corrected chi connectivity index (χ1v) is 9.61. The maximum Gasteiger partial charge on any atom is 0.240 e. The fourth-order valence-corrected chi connectivity index (χ4v) is 3.44. The number of hydrogen-bond acceptors (Lipinski definition) is 4. The van der Waals surface area contributed by atoms with Gasteiger partial charge in [0.05, 0.1) is 0 Å². The van der Waals surface area contributed by atoms with Crippen molar-refractivity contribution in [3.63, 3.8) is 0 Å². The van der Waals surface area contributed by atoms with Gasteiger partial charge in [-0.3, -0.25) is 14.5 Å². The van der Waals surface area contributed by atoms with Gasteiger partial charge in [0.1, 0.15) is 17.9 Å². The smallest absolute Gasteiger partial charge is 0.240 e. The topological polar surface area (TPSA) is 84.7 Å². The summed E-state index contributed by atoms with van der Waals surface area (Å²) in [6.07, 6.45) is 0.736. The highest BCUT2D eigenvalue weighted by molar-refractivity contribution is 5.86. The van der Waals surface area contributed by atoms with E-state index in [1.807, 2.05) is 61.5 Å². The standard InChI is InChI=1S/C22H27N3O3/c1-16-14-25(15-18-9-5-6-10-20(18)28-16)12-11-21(26)24-19(22(23)27)13-17-7-3-2-4-8-17/h2-10,16,19H,11-15H2,1H3,(H2,23,27)(H,24,26)/t16?,19-/m0/s1. The lowest BCUT2D eigenvalue weighted by molar-refractivity contribution is -0.127.